The summed E-state index contributed by atoms with van der Waals surface area (Å²) in [4.78, 5) is 16.9. The Morgan fingerprint density at radius 3 is 2.50 bits per heavy atom. The molecule has 0 atom stereocenters. The van der Waals surface area contributed by atoms with Gasteiger partial charge in [0, 0.05) is 38.3 Å². The molecule has 1 fully saturated rings. The van der Waals surface area contributed by atoms with Gasteiger partial charge in [-0.05, 0) is 42.0 Å². The van der Waals surface area contributed by atoms with E-state index in [1.165, 1.54) is 17.3 Å². The number of rotatable bonds is 4. The van der Waals surface area contributed by atoms with Crippen molar-refractivity contribution in [3.63, 3.8) is 0 Å². The molecule has 1 aromatic heterocycles. The summed E-state index contributed by atoms with van der Waals surface area (Å²) in [6, 6.07) is 13.5. The zero-order valence-corrected chi connectivity index (χ0v) is 15.4. The SMILES string of the molecule is COc1ccc(C(=O)N2CCN(Cc3ccc4nsnc4c3)CC2)cc1. The van der Waals surface area contributed by atoms with Crippen LogP contribution in [0.4, 0.5) is 0 Å². The molecule has 0 radical (unpaired) electrons. The molecule has 7 heteroatoms. The molecular weight excluding hydrogens is 348 g/mol. The molecule has 6 nitrogen and oxygen atoms in total. The highest BCUT2D eigenvalue weighted by atomic mass is 32.1. The summed E-state index contributed by atoms with van der Waals surface area (Å²) in [7, 11) is 1.62. The van der Waals surface area contributed by atoms with Gasteiger partial charge < -0.3 is 9.64 Å². The number of nitrogens with zero attached hydrogens (tertiary/aromatic N) is 4. The first-order chi connectivity index (χ1) is 12.7. The zero-order chi connectivity index (χ0) is 17.9. The quantitative estimate of drug-likeness (QED) is 0.709. The van der Waals surface area contributed by atoms with E-state index < -0.39 is 0 Å². The summed E-state index contributed by atoms with van der Waals surface area (Å²) < 4.78 is 13.7. The maximum absolute atomic E-state index is 12.6. The van der Waals surface area contributed by atoms with Gasteiger partial charge in [0.15, 0.2) is 0 Å². The fourth-order valence-electron chi connectivity index (χ4n) is 3.21. The van der Waals surface area contributed by atoms with Gasteiger partial charge in [0.1, 0.15) is 16.8 Å². The summed E-state index contributed by atoms with van der Waals surface area (Å²) in [5.41, 5.74) is 3.86. The summed E-state index contributed by atoms with van der Waals surface area (Å²) in [6.45, 7) is 4.10. The number of ether oxygens (including phenoxy) is 1. The van der Waals surface area contributed by atoms with E-state index in [1.807, 2.05) is 35.2 Å². The molecule has 1 amide bonds. The van der Waals surface area contributed by atoms with Crippen molar-refractivity contribution in [3.05, 3.63) is 53.6 Å². The highest BCUT2D eigenvalue weighted by molar-refractivity contribution is 7.00. The van der Waals surface area contributed by atoms with Crippen molar-refractivity contribution >= 4 is 28.7 Å². The number of carbonyl (C=O) groups excluding carboxylic acids is 1. The molecule has 1 aliphatic rings. The molecule has 0 saturated carbocycles. The van der Waals surface area contributed by atoms with Crippen LogP contribution in [0.2, 0.25) is 0 Å². The van der Waals surface area contributed by atoms with E-state index >= 15 is 0 Å². The Kier molecular flexibility index (Phi) is 4.81. The summed E-state index contributed by atoms with van der Waals surface area (Å²) in [5, 5.41) is 0. The second kappa shape index (κ2) is 7.39. The monoisotopic (exact) mass is 368 g/mol. The maximum Gasteiger partial charge on any atom is 0.253 e. The van der Waals surface area contributed by atoms with Gasteiger partial charge in [0.2, 0.25) is 0 Å². The number of benzene rings is 2. The molecule has 134 valence electrons. The van der Waals surface area contributed by atoms with Gasteiger partial charge in [-0.25, -0.2) is 0 Å². The lowest BCUT2D eigenvalue weighted by Crippen LogP contribution is -2.48. The van der Waals surface area contributed by atoms with Crippen molar-refractivity contribution in [3.8, 4) is 5.75 Å². The van der Waals surface area contributed by atoms with Crippen LogP contribution < -0.4 is 4.74 Å². The van der Waals surface area contributed by atoms with E-state index in [4.69, 9.17) is 4.74 Å². The number of piperazine rings is 1. The minimum atomic E-state index is 0.0854. The van der Waals surface area contributed by atoms with Crippen LogP contribution in [0.15, 0.2) is 42.5 Å². The largest absolute Gasteiger partial charge is 0.497 e. The second-order valence-electron chi connectivity index (χ2n) is 6.38. The first-order valence-corrected chi connectivity index (χ1v) is 9.33. The van der Waals surface area contributed by atoms with E-state index in [2.05, 4.69) is 25.8 Å². The van der Waals surface area contributed by atoms with Crippen LogP contribution in [0.3, 0.4) is 0 Å². The predicted octanol–water partition coefficient (Wildman–Crippen LogP) is 2.66. The number of aromatic nitrogens is 2. The molecule has 1 saturated heterocycles. The van der Waals surface area contributed by atoms with Gasteiger partial charge in [-0.2, -0.15) is 8.75 Å². The Bertz CT molecular complexity index is 901. The molecule has 1 aliphatic heterocycles. The highest BCUT2D eigenvalue weighted by Crippen LogP contribution is 2.17. The lowest BCUT2D eigenvalue weighted by atomic mass is 10.1. The minimum Gasteiger partial charge on any atom is -0.497 e. The third kappa shape index (κ3) is 3.54. The molecule has 0 aliphatic carbocycles. The average molecular weight is 368 g/mol. The van der Waals surface area contributed by atoms with E-state index in [0.29, 0.717) is 5.56 Å². The lowest BCUT2D eigenvalue weighted by Gasteiger charge is -2.34. The Morgan fingerprint density at radius 2 is 1.77 bits per heavy atom. The van der Waals surface area contributed by atoms with E-state index in [9.17, 15) is 4.79 Å². The van der Waals surface area contributed by atoms with Crippen molar-refractivity contribution in [2.75, 3.05) is 33.3 Å². The number of carbonyl (C=O) groups is 1. The van der Waals surface area contributed by atoms with Crippen molar-refractivity contribution < 1.29 is 9.53 Å². The smallest absolute Gasteiger partial charge is 0.253 e. The first kappa shape index (κ1) is 16.9. The zero-order valence-electron chi connectivity index (χ0n) is 14.6. The molecule has 0 bridgehead atoms. The molecule has 2 heterocycles. The predicted molar refractivity (Wildman–Crippen MR) is 102 cm³/mol. The van der Waals surface area contributed by atoms with E-state index in [-0.39, 0.29) is 5.91 Å². The molecule has 0 spiro atoms. The maximum atomic E-state index is 12.6. The Hall–Kier alpha value is -2.51. The van der Waals surface area contributed by atoms with Gasteiger partial charge in [-0.3, -0.25) is 9.69 Å². The van der Waals surface area contributed by atoms with Crippen molar-refractivity contribution in [1.29, 1.82) is 0 Å². The first-order valence-electron chi connectivity index (χ1n) is 8.60. The fraction of sp³-hybridized carbons (Fsp3) is 0.316. The molecule has 0 unspecified atom stereocenters. The van der Waals surface area contributed by atoms with E-state index in [1.54, 1.807) is 7.11 Å². The van der Waals surface area contributed by atoms with Crippen LogP contribution in [-0.4, -0.2) is 57.7 Å². The van der Waals surface area contributed by atoms with Gasteiger partial charge in [0.25, 0.3) is 5.91 Å². The van der Waals surface area contributed by atoms with Crippen LogP contribution in [0, 0.1) is 0 Å². The Labute approximate surface area is 156 Å². The molecule has 26 heavy (non-hydrogen) atoms. The fourth-order valence-corrected chi connectivity index (χ4v) is 3.73. The van der Waals surface area contributed by atoms with Crippen LogP contribution in [0.1, 0.15) is 15.9 Å². The molecule has 3 aromatic rings. The Morgan fingerprint density at radius 1 is 1.04 bits per heavy atom. The highest BCUT2D eigenvalue weighted by Gasteiger charge is 2.22. The molecule has 2 aromatic carbocycles. The van der Waals surface area contributed by atoms with Gasteiger partial charge in [-0.1, -0.05) is 6.07 Å². The molecule has 0 N–H and O–H groups in total. The lowest BCUT2D eigenvalue weighted by molar-refractivity contribution is 0.0628. The third-order valence-electron chi connectivity index (χ3n) is 4.72. The van der Waals surface area contributed by atoms with Crippen molar-refractivity contribution in [2.45, 2.75) is 6.54 Å². The number of methoxy groups -OCH3 is 1. The van der Waals surface area contributed by atoms with Gasteiger partial charge in [0.05, 0.1) is 18.8 Å². The van der Waals surface area contributed by atoms with Crippen LogP contribution in [-0.2, 0) is 6.54 Å². The second-order valence-corrected chi connectivity index (χ2v) is 6.91. The summed E-state index contributed by atoms with van der Waals surface area (Å²) in [5.74, 6) is 0.848. The number of amides is 1. The van der Waals surface area contributed by atoms with Crippen LogP contribution in [0.5, 0.6) is 5.75 Å². The molecular formula is C19H20N4O2S. The normalized spacial score (nSPS) is 15.3. The average Bonchev–Trinajstić information content (AvgIpc) is 3.16. The van der Waals surface area contributed by atoms with E-state index in [0.717, 1.165) is 49.5 Å². The Balaban J connectivity index is 1.34. The van der Waals surface area contributed by atoms with Gasteiger partial charge in [-0.15, -0.1) is 0 Å². The van der Waals surface area contributed by atoms with Crippen molar-refractivity contribution in [2.24, 2.45) is 0 Å². The topological polar surface area (TPSA) is 58.6 Å². The van der Waals surface area contributed by atoms with Gasteiger partial charge >= 0.3 is 0 Å². The minimum absolute atomic E-state index is 0.0854. The van der Waals surface area contributed by atoms with Crippen LogP contribution >= 0.6 is 11.7 Å². The van der Waals surface area contributed by atoms with Crippen molar-refractivity contribution in [1.82, 2.24) is 18.5 Å². The summed E-state index contributed by atoms with van der Waals surface area (Å²) in [6.07, 6.45) is 0. The standard InChI is InChI=1S/C19H20N4O2S/c1-25-16-5-3-15(4-6-16)19(24)23-10-8-22(9-11-23)13-14-2-7-17-18(12-14)21-26-20-17/h2-7,12H,8-11,13H2,1H3. The van der Waals surface area contributed by atoms with Crippen LogP contribution in [0.25, 0.3) is 11.0 Å². The molecule has 4 rings (SSSR count). The number of hydrogen-bond donors (Lipinski definition) is 0. The number of hydrogen-bond acceptors (Lipinski definition) is 6. The number of fused-ring (bicyclic) bond motifs is 1. The third-order valence-corrected chi connectivity index (χ3v) is 5.28. The summed E-state index contributed by atoms with van der Waals surface area (Å²) >= 11 is 1.25.